The van der Waals surface area contributed by atoms with Crippen molar-refractivity contribution in [1.29, 1.82) is 5.26 Å². The molecular formula is C15H19N3O3. The molecule has 6 heteroatoms. The zero-order chi connectivity index (χ0) is 15.8. The number of methoxy groups -OCH3 is 1. The number of benzene rings is 1. The van der Waals surface area contributed by atoms with E-state index in [9.17, 15) is 9.59 Å². The number of rotatable bonds is 7. The van der Waals surface area contributed by atoms with Crippen LogP contribution in [-0.4, -0.2) is 25.0 Å². The van der Waals surface area contributed by atoms with Crippen molar-refractivity contribution in [3.05, 3.63) is 35.9 Å². The van der Waals surface area contributed by atoms with Crippen LogP contribution in [0.2, 0.25) is 0 Å². The Labute approximate surface area is 123 Å². The van der Waals surface area contributed by atoms with Gasteiger partial charge in [0.05, 0.1) is 6.07 Å². The average Bonchev–Trinajstić information content (AvgIpc) is 2.46. The highest BCUT2D eigenvalue weighted by molar-refractivity contribution is 5.89. The van der Waals surface area contributed by atoms with Crippen LogP contribution in [-0.2, 0) is 14.3 Å². The minimum absolute atomic E-state index is 0.122. The summed E-state index contributed by atoms with van der Waals surface area (Å²) in [6, 6.07) is 9.98. The summed E-state index contributed by atoms with van der Waals surface area (Å²) in [4.78, 5) is 23.7. The van der Waals surface area contributed by atoms with Crippen LogP contribution in [0.15, 0.2) is 30.3 Å². The van der Waals surface area contributed by atoms with Crippen molar-refractivity contribution >= 4 is 11.8 Å². The Balaban J connectivity index is 2.85. The topological polar surface area (TPSA) is 105 Å². The van der Waals surface area contributed by atoms with Crippen LogP contribution in [0.1, 0.15) is 25.0 Å². The van der Waals surface area contributed by atoms with E-state index in [-0.39, 0.29) is 12.3 Å². The Hall–Kier alpha value is -2.39. The van der Waals surface area contributed by atoms with Crippen LogP contribution in [0.5, 0.6) is 0 Å². The molecule has 0 aromatic heterocycles. The number of ether oxygens (including phenoxy) is 1. The van der Waals surface area contributed by atoms with Crippen LogP contribution in [0.3, 0.4) is 0 Å². The quantitative estimate of drug-likeness (QED) is 0.777. The Morgan fingerprint density at radius 3 is 2.48 bits per heavy atom. The van der Waals surface area contributed by atoms with Crippen molar-refractivity contribution in [2.45, 2.75) is 25.5 Å². The number of carbonyl (C=O) groups is 2. The lowest BCUT2D eigenvalue weighted by Gasteiger charge is -2.23. The molecule has 0 bridgehead atoms. The molecule has 0 unspecified atom stereocenters. The van der Waals surface area contributed by atoms with E-state index in [1.165, 1.54) is 7.11 Å². The molecule has 0 spiro atoms. The second kappa shape index (κ2) is 8.02. The lowest BCUT2D eigenvalue weighted by Crippen LogP contribution is -2.49. The van der Waals surface area contributed by atoms with E-state index in [0.717, 1.165) is 0 Å². The van der Waals surface area contributed by atoms with E-state index in [0.29, 0.717) is 5.56 Å². The third-order valence-electron chi connectivity index (χ3n) is 3.16. The summed E-state index contributed by atoms with van der Waals surface area (Å²) in [7, 11) is 1.41. The maximum atomic E-state index is 12.3. The van der Waals surface area contributed by atoms with Gasteiger partial charge in [-0.1, -0.05) is 37.3 Å². The minimum atomic E-state index is -0.904. The summed E-state index contributed by atoms with van der Waals surface area (Å²) in [5.41, 5.74) is 5.97. The van der Waals surface area contributed by atoms with E-state index in [1.54, 1.807) is 31.2 Å². The molecule has 0 saturated heterocycles. The highest BCUT2D eigenvalue weighted by Crippen LogP contribution is 2.17. The molecule has 0 heterocycles. The summed E-state index contributed by atoms with van der Waals surface area (Å²) in [5.74, 6) is -1.50. The zero-order valence-electron chi connectivity index (χ0n) is 12.1. The molecule has 0 aliphatic heterocycles. The molecule has 6 nitrogen and oxygen atoms in total. The maximum absolute atomic E-state index is 12.3. The Morgan fingerprint density at radius 2 is 2.00 bits per heavy atom. The third-order valence-corrected chi connectivity index (χ3v) is 3.16. The number of nitrogens with two attached hydrogens (primary N) is 1. The van der Waals surface area contributed by atoms with E-state index < -0.39 is 24.0 Å². The molecule has 0 aliphatic carbocycles. The van der Waals surface area contributed by atoms with Crippen LogP contribution in [0.25, 0.3) is 0 Å². The normalized spacial score (nSPS) is 14.5. The van der Waals surface area contributed by atoms with Gasteiger partial charge < -0.3 is 15.8 Å². The molecule has 0 fully saturated rings. The van der Waals surface area contributed by atoms with Crippen LogP contribution < -0.4 is 11.1 Å². The second-order valence-electron chi connectivity index (χ2n) is 4.75. The third kappa shape index (κ3) is 4.58. The SMILES string of the molecule is CO[C@@H](C(=O)N[C@@H](C(N)=O)[C@@H](C)CC#N)c1ccccc1. The number of nitriles is 1. The first-order chi connectivity index (χ1) is 10.0. The molecule has 1 aromatic carbocycles. The number of carbonyl (C=O) groups excluding carboxylic acids is 2. The molecule has 1 aromatic rings. The van der Waals surface area contributed by atoms with Gasteiger partial charge in [-0.2, -0.15) is 5.26 Å². The molecule has 1 rings (SSSR count). The molecular weight excluding hydrogens is 270 g/mol. The molecule has 0 aliphatic rings. The van der Waals surface area contributed by atoms with Crippen molar-refractivity contribution in [2.75, 3.05) is 7.11 Å². The van der Waals surface area contributed by atoms with Gasteiger partial charge in [0.25, 0.3) is 5.91 Å². The molecule has 0 saturated carbocycles. The Bertz CT molecular complexity index is 525. The average molecular weight is 289 g/mol. The highest BCUT2D eigenvalue weighted by atomic mass is 16.5. The predicted molar refractivity (Wildman–Crippen MR) is 76.7 cm³/mol. The van der Waals surface area contributed by atoms with Crippen molar-refractivity contribution in [1.82, 2.24) is 5.32 Å². The van der Waals surface area contributed by atoms with E-state index in [2.05, 4.69) is 5.32 Å². The number of hydrogen-bond donors (Lipinski definition) is 2. The van der Waals surface area contributed by atoms with Gasteiger partial charge in [-0.15, -0.1) is 0 Å². The zero-order valence-corrected chi connectivity index (χ0v) is 12.1. The number of hydrogen-bond acceptors (Lipinski definition) is 4. The summed E-state index contributed by atoms with van der Waals surface area (Å²) in [5, 5.41) is 11.3. The van der Waals surface area contributed by atoms with E-state index in [4.69, 9.17) is 15.7 Å². The van der Waals surface area contributed by atoms with Gasteiger partial charge in [-0.25, -0.2) is 0 Å². The lowest BCUT2D eigenvalue weighted by atomic mass is 9.97. The van der Waals surface area contributed by atoms with E-state index in [1.807, 2.05) is 12.1 Å². The first kappa shape index (κ1) is 16.7. The smallest absolute Gasteiger partial charge is 0.254 e. The lowest BCUT2D eigenvalue weighted by molar-refractivity contribution is -0.135. The molecule has 3 N–H and O–H groups in total. The van der Waals surface area contributed by atoms with Gasteiger partial charge in [0.15, 0.2) is 6.10 Å². The van der Waals surface area contributed by atoms with Gasteiger partial charge in [0.2, 0.25) is 5.91 Å². The predicted octanol–water partition coefficient (Wildman–Crippen LogP) is 0.894. The molecule has 0 radical (unpaired) electrons. The van der Waals surface area contributed by atoms with Crippen LogP contribution in [0, 0.1) is 17.2 Å². The fourth-order valence-electron chi connectivity index (χ4n) is 2.01. The molecule has 3 atom stereocenters. The van der Waals surface area contributed by atoms with E-state index >= 15 is 0 Å². The molecule has 112 valence electrons. The summed E-state index contributed by atoms with van der Waals surface area (Å²) < 4.78 is 5.19. The van der Waals surface area contributed by atoms with Gasteiger partial charge in [-0.05, 0) is 11.5 Å². The fourth-order valence-corrected chi connectivity index (χ4v) is 2.01. The summed E-state index contributed by atoms with van der Waals surface area (Å²) in [6.07, 6.45) is -0.709. The summed E-state index contributed by atoms with van der Waals surface area (Å²) in [6.45, 7) is 1.68. The van der Waals surface area contributed by atoms with Crippen molar-refractivity contribution < 1.29 is 14.3 Å². The van der Waals surface area contributed by atoms with Gasteiger partial charge >= 0.3 is 0 Å². The second-order valence-corrected chi connectivity index (χ2v) is 4.75. The number of nitrogens with zero attached hydrogens (tertiary/aromatic N) is 1. The van der Waals surface area contributed by atoms with Crippen molar-refractivity contribution in [2.24, 2.45) is 11.7 Å². The van der Waals surface area contributed by atoms with Gasteiger partial charge in [0, 0.05) is 13.5 Å². The van der Waals surface area contributed by atoms with Crippen LogP contribution >= 0.6 is 0 Å². The number of nitrogens with one attached hydrogen (secondary N) is 1. The fraction of sp³-hybridized carbons (Fsp3) is 0.400. The Morgan fingerprint density at radius 1 is 1.38 bits per heavy atom. The van der Waals surface area contributed by atoms with Crippen LogP contribution in [0.4, 0.5) is 0 Å². The minimum Gasteiger partial charge on any atom is -0.368 e. The number of amides is 2. The Kier molecular flexibility index (Phi) is 6.37. The van der Waals surface area contributed by atoms with Gasteiger partial charge in [0.1, 0.15) is 6.04 Å². The standard InChI is InChI=1S/C15H19N3O3/c1-10(8-9-16)12(14(17)19)18-15(20)13(21-2)11-6-4-3-5-7-11/h3-7,10,12-13H,8H2,1-2H3,(H2,17,19)(H,18,20)/t10-,12+,13+/m0/s1. The molecule has 2 amide bonds. The highest BCUT2D eigenvalue weighted by Gasteiger charge is 2.28. The van der Waals surface area contributed by atoms with Gasteiger partial charge in [-0.3, -0.25) is 9.59 Å². The van der Waals surface area contributed by atoms with Crippen molar-refractivity contribution in [3.8, 4) is 6.07 Å². The number of primary amides is 1. The molecule has 21 heavy (non-hydrogen) atoms. The monoisotopic (exact) mass is 289 g/mol. The summed E-state index contributed by atoms with van der Waals surface area (Å²) >= 11 is 0. The first-order valence-corrected chi connectivity index (χ1v) is 6.55. The first-order valence-electron chi connectivity index (χ1n) is 6.55. The largest absolute Gasteiger partial charge is 0.368 e. The maximum Gasteiger partial charge on any atom is 0.254 e. The van der Waals surface area contributed by atoms with Crippen molar-refractivity contribution in [3.63, 3.8) is 0 Å².